The van der Waals surface area contributed by atoms with Gasteiger partial charge in [-0.05, 0) is 42.8 Å². The first-order valence-corrected chi connectivity index (χ1v) is 8.73. The molecule has 1 aromatic heterocycles. The number of benzene rings is 2. The second-order valence-electron chi connectivity index (χ2n) is 5.31. The van der Waals surface area contributed by atoms with Crippen LogP contribution >= 0.6 is 11.6 Å². The molecule has 0 unspecified atom stereocenters. The van der Waals surface area contributed by atoms with E-state index in [2.05, 4.69) is 10.3 Å². The van der Waals surface area contributed by atoms with Gasteiger partial charge >= 0.3 is 0 Å². The Balaban J connectivity index is 0.000000518. The van der Waals surface area contributed by atoms with Gasteiger partial charge in [0.25, 0.3) is 5.91 Å². The summed E-state index contributed by atoms with van der Waals surface area (Å²) in [6.45, 7) is 5.95. The molecule has 0 aliphatic carbocycles. The van der Waals surface area contributed by atoms with Gasteiger partial charge in [-0.25, -0.2) is 9.37 Å². The molecule has 3 rings (SSSR count). The van der Waals surface area contributed by atoms with E-state index in [0.29, 0.717) is 5.69 Å². The number of rotatable bonds is 3. The van der Waals surface area contributed by atoms with E-state index in [4.69, 9.17) is 25.9 Å². The zero-order valence-corrected chi connectivity index (χ0v) is 17.6. The maximum absolute atomic E-state index is 13.4. The highest BCUT2D eigenvalue weighted by molar-refractivity contribution is 6.31. The Labute approximate surface area is 179 Å². The first-order chi connectivity index (χ1) is 14.5. The molecule has 0 saturated carbocycles. The molecular weight excluding hydrogens is 413 g/mol. The molecule has 7 nitrogen and oxygen atoms in total. The number of nitrogens with one attached hydrogen (secondary N) is 1. The van der Waals surface area contributed by atoms with E-state index in [-0.39, 0.29) is 17.4 Å². The molecule has 30 heavy (non-hydrogen) atoms. The minimum atomic E-state index is -0.358. The molecule has 1 amide bonds. The van der Waals surface area contributed by atoms with E-state index in [0.717, 1.165) is 16.3 Å². The minimum absolute atomic E-state index is 0.255. The van der Waals surface area contributed by atoms with Crippen LogP contribution < -0.4 is 10.1 Å². The predicted molar refractivity (Wildman–Crippen MR) is 114 cm³/mol. The molecule has 3 aromatic rings. The fraction of sp³-hybridized carbons (Fsp3) is 0.143. The molecule has 0 aliphatic heterocycles. The van der Waals surface area contributed by atoms with E-state index in [1.165, 1.54) is 30.2 Å². The van der Waals surface area contributed by atoms with Crippen LogP contribution in [-0.4, -0.2) is 43.2 Å². The predicted octanol–water partition coefficient (Wildman–Crippen LogP) is 3.66. The van der Waals surface area contributed by atoms with E-state index in [9.17, 15) is 9.18 Å². The van der Waals surface area contributed by atoms with Crippen molar-refractivity contribution < 1.29 is 23.5 Å². The average Bonchev–Trinajstić information content (AvgIpc) is 3.28. The van der Waals surface area contributed by atoms with Gasteiger partial charge in [0, 0.05) is 18.3 Å². The Morgan fingerprint density at radius 1 is 1.17 bits per heavy atom. The number of nitrogens with zero attached hydrogens (tertiary/aromatic N) is 2. The normalized spacial score (nSPS) is 8.83. The van der Waals surface area contributed by atoms with Crippen molar-refractivity contribution in [2.24, 2.45) is 0 Å². The van der Waals surface area contributed by atoms with E-state index < -0.39 is 0 Å². The van der Waals surface area contributed by atoms with E-state index in [1.807, 2.05) is 38.7 Å². The third-order valence-electron chi connectivity index (χ3n) is 3.54. The minimum Gasteiger partial charge on any atom is -0.497 e. The molecule has 1 N–H and O–H groups in total. The number of imidazole rings is 1. The van der Waals surface area contributed by atoms with E-state index in [1.54, 1.807) is 25.3 Å². The lowest BCUT2D eigenvalue weighted by Gasteiger charge is -2.01. The number of carbonyl (C=O) groups excluding carboxylic acids is 3. The van der Waals surface area contributed by atoms with Crippen LogP contribution in [0.25, 0.3) is 5.69 Å². The van der Waals surface area contributed by atoms with Crippen LogP contribution in [0.15, 0.2) is 55.0 Å². The van der Waals surface area contributed by atoms with Crippen molar-refractivity contribution in [3.05, 3.63) is 77.1 Å². The van der Waals surface area contributed by atoms with Gasteiger partial charge in [0.05, 0.1) is 12.8 Å². The summed E-state index contributed by atoms with van der Waals surface area (Å²) in [5, 5.41) is 3.23. The zero-order chi connectivity index (χ0) is 23.1. The van der Waals surface area contributed by atoms with Crippen molar-refractivity contribution in [1.82, 2.24) is 14.9 Å². The van der Waals surface area contributed by atoms with E-state index >= 15 is 0 Å². The third-order valence-corrected chi connectivity index (χ3v) is 3.96. The van der Waals surface area contributed by atoms with Gasteiger partial charge in [0.15, 0.2) is 0 Å². The Bertz CT molecular complexity index is 932. The van der Waals surface area contributed by atoms with Crippen LogP contribution in [-0.2, 0) is 9.59 Å². The maximum Gasteiger partial charge on any atom is 0.271 e. The number of halogens is 2. The molecule has 0 atom stereocenters. The number of aryl methyl sites for hydroxylation is 1. The SMILES string of the molecule is C=O.C=O.CNC(=O)c1cn(-c2ccccc2F)cn1.COc1ccc(Cl)c(C)c1. The molecule has 0 bridgehead atoms. The average molecular weight is 436 g/mol. The second-order valence-corrected chi connectivity index (χ2v) is 5.72. The maximum atomic E-state index is 13.4. The summed E-state index contributed by atoms with van der Waals surface area (Å²) in [5.41, 5.74) is 1.66. The molecule has 0 fully saturated rings. The first kappa shape index (κ1) is 26.5. The molecular formula is C21H23ClFN3O4. The number of para-hydroxylation sites is 1. The van der Waals surface area contributed by atoms with Crippen molar-refractivity contribution in [3.8, 4) is 11.4 Å². The molecule has 1 heterocycles. The monoisotopic (exact) mass is 435 g/mol. The van der Waals surface area contributed by atoms with Crippen LogP contribution in [0.5, 0.6) is 5.75 Å². The lowest BCUT2D eigenvalue weighted by atomic mass is 10.2. The van der Waals surface area contributed by atoms with Crippen molar-refractivity contribution in [3.63, 3.8) is 0 Å². The molecule has 2 aromatic carbocycles. The van der Waals surface area contributed by atoms with Crippen LogP contribution in [0.4, 0.5) is 4.39 Å². The molecule has 0 spiro atoms. The number of methoxy groups -OCH3 is 1. The van der Waals surface area contributed by atoms with Gasteiger partial charge in [-0.15, -0.1) is 0 Å². The number of hydrogen-bond acceptors (Lipinski definition) is 5. The Kier molecular flexibility index (Phi) is 12.8. The summed E-state index contributed by atoms with van der Waals surface area (Å²) in [7, 11) is 3.16. The van der Waals surface area contributed by atoms with Gasteiger partial charge in [-0.3, -0.25) is 4.79 Å². The molecule has 0 saturated heterocycles. The number of hydrogen-bond donors (Lipinski definition) is 1. The third kappa shape index (κ3) is 7.84. The van der Waals surface area contributed by atoms with Crippen LogP contribution in [0.3, 0.4) is 0 Å². The Morgan fingerprint density at radius 2 is 1.80 bits per heavy atom. The highest BCUT2D eigenvalue weighted by Gasteiger charge is 2.09. The van der Waals surface area contributed by atoms with Gasteiger partial charge in [-0.2, -0.15) is 0 Å². The molecule has 9 heteroatoms. The number of aromatic nitrogens is 2. The fourth-order valence-electron chi connectivity index (χ4n) is 2.11. The van der Waals surface area contributed by atoms with Gasteiger partial charge in [0.1, 0.15) is 37.2 Å². The van der Waals surface area contributed by atoms with Crippen LogP contribution in [0.1, 0.15) is 16.1 Å². The zero-order valence-electron chi connectivity index (χ0n) is 16.9. The largest absolute Gasteiger partial charge is 0.497 e. The highest BCUT2D eigenvalue weighted by atomic mass is 35.5. The molecule has 0 radical (unpaired) electrons. The number of amides is 1. The lowest BCUT2D eigenvalue weighted by Crippen LogP contribution is -2.17. The standard InChI is InChI=1S/C11H10FN3O.C8H9ClO.2CH2O/c1-13-11(16)9-6-15(7-14-9)10-5-3-2-4-8(10)12;1-6-5-7(10-2)3-4-8(6)9;2*1-2/h2-7H,1H3,(H,13,16);3-5H,1-2H3;2*1H2. The van der Waals surface area contributed by atoms with Crippen molar-refractivity contribution >= 4 is 31.1 Å². The smallest absolute Gasteiger partial charge is 0.271 e. The second kappa shape index (κ2) is 14.5. The van der Waals surface area contributed by atoms with Crippen LogP contribution in [0, 0.1) is 12.7 Å². The van der Waals surface area contributed by atoms with Crippen LogP contribution in [0.2, 0.25) is 5.02 Å². The van der Waals surface area contributed by atoms with Gasteiger partial charge < -0.3 is 24.2 Å². The van der Waals surface area contributed by atoms with Crippen molar-refractivity contribution in [1.29, 1.82) is 0 Å². The van der Waals surface area contributed by atoms with Crippen molar-refractivity contribution in [2.75, 3.05) is 14.2 Å². The Morgan fingerprint density at radius 3 is 2.33 bits per heavy atom. The number of carbonyl (C=O) groups is 3. The highest BCUT2D eigenvalue weighted by Crippen LogP contribution is 2.20. The topological polar surface area (TPSA) is 90.3 Å². The fourth-order valence-corrected chi connectivity index (χ4v) is 2.22. The lowest BCUT2D eigenvalue weighted by molar-refractivity contribution is -0.0987. The first-order valence-electron chi connectivity index (χ1n) is 8.35. The molecule has 160 valence electrons. The Hall–Kier alpha value is -3.52. The summed E-state index contributed by atoms with van der Waals surface area (Å²) in [4.78, 5) is 31.2. The summed E-state index contributed by atoms with van der Waals surface area (Å²) in [5.74, 6) is 0.195. The summed E-state index contributed by atoms with van der Waals surface area (Å²) >= 11 is 5.78. The van der Waals surface area contributed by atoms with Gasteiger partial charge in [0.2, 0.25) is 0 Å². The van der Waals surface area contributed by atoms with Gasteiger partial charge in [-0.1, -0.05) is 23.7 Å². The summed E-state index contributed by atoms with van der Waals surface area (Å²) in [6.07, 6.45) is 2.89. The summed E-state index contributed by atoms with van der Waals surface area (Å²) in [6, 6.07) is 11.9. The number of ether oxygens (including phenoxy) is 1. The van der Waals surface area contributed by atoms with Crippen molar-refractivity contribution in [2.45, 2.75) is 6.92 Å². The summed E-state index contributed by atoms with van der Waals surface area (Å²) < 4.78 is 19.9. The quantitative estimate of drug-likeness (QED) is 0.678. The molecule has 0 aliphatic rings.